The maximum atomic E-state index is 12.8. The van der Waals surface area contributed by atoms with Crippen molar-refractivity contribution in [2.45, 2.75) is 57.7 Å². The molecule has 6 nitrogen and oxygen atoms in total. The molecule has 0 aromatic heterocycles. The maximum absolute atomic E-state index is 12.8. The van der Waals surface area contributed by atoms with E-state index in [0.717, 1.165) is 38.9 Å². The molecule has 2 bridgehead atoms. The first-order valence-electron chi connectivity index (χ1n) is 11.1. The summed E-state index contributed by atoms with van der Waals surface area (Å²) in [4.78, 5) is 29.0. The highest BCUT2D eigenvalue weighted by atomic mass is 35.5. The van der Waals surface area contributed by atoms with Gasteiger partial charge in [-0.2, -0.15) is 0 Å². The van der Waals surface area contributed by atoms with Gasteiger partial charge in [-0.1, -0.05) is 24.3 Å². The smallest absolute Gasteiger partial charge is 0.223 e. The highest BCUT2D eigenvalue weighted by Gasteiger charge is 2.49. The predicted octanol–water partition coefficient (Wildman–Crippen LogP) is 2.37. The number of likely N-dealkylation sites (tertiary alicyclic amines) is 1. The van der Waals surface area contributed by atoms with Crippen LogP contribution in [0.25, 0.3) is 0 Å². The molecule has 1 aromatic carbocycles. The van der Waals surface area contributed by atoms with Crippen LogP contribution in [0, 0.1) is 11.8 Å². The topological polar surface area (TPSA) is 78.7 Å². The molecule has 3 N–H and O–H groups in total. The maximum Gasteiger partial charge on any atom is 0.223 e. The summed E-state index contributed by atoms with van der Waals surface area (Å²) in [7, 11) is 0. The van der Waals surface area contributed by atoms with Crippen LogP contribution >= 0.6 is 24.8 Å². The molecule has 0 unspecified atom stereocenters. The lowest BCUT2D eigenvalue weighted by Crippen LogP contribution is -2.66. The number of benzene rings is 1. The van der Waals surface area contributed by atoms with Crippen molar-refractivity contribution in [1.82, 2.24) is 15.1 Å². The first kappa shape index (κ1) is 25.9. The molecule has 3 fully saturated rings. The molecule has 3 saturated heterocycles. The number of nitrogens with zero attached hydrogens (tertiary/aromatic N) is 2. The molecule has 3 aliphatic heterocycles. The highest BCUT2D eigenvalue weighted by molar-refractivity contribution is 5.85. The van der Waals surface area contributed by atoms with Gasteiger partial charge in [-0.25, -0.2) is 0 Å². The summed E-state index contributed by atoms with van der Waals surface area (Å²) in [5, 5.41) is 2.99. The molecule has 1 aromatic rings. The van der Waals surface area contributed by atoms with Crippen molar-refractivity contribution in [2.24, 2.45) is 17.6 Å². The fourth-order valence-electron chi connectivity index (χ4n) is 5.75. The molecule has 2 amide bonds. The lowest BCUT2D eigenvalue weighted by atomic mass is 9.72. The fraction of sp³-hybridized carbons (Fsp3) is 0.652. The van der Waals surface area contributed by atoms with Gasteiger partial charge in [0.1, 0.15) is 0 Å². The minimum absolute atomic E-state index is 0. The second-order valence-electron chi connectivity index (χ2n) is 9.07. The Morgan fingerprint density at radius 3 is 2.48 bits per heavy atom. The molecule has 0 saturated carbocycles. The second kappa shape index (κ2) is 11.5. The lowest BCUT2D eigenvalue weighted by molar-refractivity contribution is -0.153. The number of fused-ring (bicyclic) bond motifs is 4. The third-order valence-electron chi connectivity index (χ3n) is 6.99. The van der Waals surface area contributed by atoms with Gasteiger partial charge in [-0.05, 0) is 55.2 Å². The van der Waals surface area contributed by atoms with Crippen LogP contribution in [0.5, 0.6) is 0 Å². The van der Waals surface area contributed by atoms with Crippen LogP contribution < -0.4 is 11.1 Å². The number of carbonyl (C=O) groups is 2. The van der Waals surface area contributed by atoms with Gasteiger partial charge in [0.15, 0.2) is 0 Å². The Morgan fingerprint density at radius 2 is 1.81 bits per heavy atom. The molecule has 3 heterocycles. The summed E-state index contributed by atoms with van der Waals surface area (Å²) < 4.78 is 0. The van der Waals surface area contributed by atoms with Crippen molar-refractivity contribution in [3.05, 3.63) is 35.4 Å². The van der Waals surface area contributed by atoms with E-state index in [1.807, 2.05) is 0 Å². The number of nitrogens with two attached hydrogens (primary N) is 1. The van der Waals surface area contributed by atoms with E-state index in [1.165, 1.54) is 17.5 Å². The third-order valence-corrected chi connectivity index (χ3v) is 6.99. The van der Waals surface area contributed by atoms with E-state index in [9.17, 15) is 9.59 Å². The van der Waals surface area contributed by atoms with E-state index in [4.69, 9.17) is 5.73 Å². The van der Waals surface area contributed by atoms with E-state index in [0.29, 0.717) is 37.4 Å². The Morgan fingerprint density at radius 1 is 1.13 bits per heavy atom. The van der Waals surface area contributed by atoms with E-state index < -0.39 is 0 Å². The van der Waals surface area contributed by atoms with Crippen LogP contribution in [0.1, 0.15) is 43.7 Å². The number of piperidine rings is 3. The zero-order valence-electron chi connectivity index (χ0n) is 18.3. The minimum Gasteiger partial charge on any atom is -0.354 e. The van der Waals surface area contributed by atoms with Gasteiger partial charge in [0.05, 0.1) is 6.04 Å². The monoisotopic (exact) mass is 470 g/mol. The summed E-state index contributed by atoms with van der Waals surface area (Å²) in [6.07, 6.45) is 4.85. The molecule has 8 heteroatoms. The highest BCUT2D eigenvalue weighted by Crippen LogP contribution is 2.41. The quantitative estimate of drug-likeness (QED) is 0.668. The van der Waals surface area contributed by atoms with Crippen molar-refractivity contribution >= 4 is 36.6 Å². The lowest BCUT2D eigenvalue weighted by Gasteiger charge is -2.56. The summed E-state index contributed by atoms with van der Waals surface area (Å²) in [6, 6.07) is 9.28. The molecule has 4 atom stereocenters. The Balaban J connectivity index is 0.00000171. The van der Waals surface area contributed by atoms with Crippen LogP contribution in [-0.4, -0.2) is 59.9 Å². The normalized spacial score (nSPS) is 27.5. The van der Waals surface area contributed by atoms with Gasteiger partial charge in [-0.3, -0.25) is 14.5 Å². The van der Waals surface area contributed by atoms with Crippen molar-refractivity contribution in [2.75, 3.05) is 26.2 Å². The fourth-order valence-corrected chi connectivity index (χ4v) is 5.75. The summed E-state index contributed by atoms with van der Waals surface area (Å²) in [6.45, 7) is 5.81. The van der Waals surface area contributed by atoms with E-state index in [1.54, 1.807) is 6.92 Å². The predicted molar refractivity (Wildman–Crippen MR) is 128 cm³/mol. The van der Waals surface area contributed by atoms with Crippen LogP contribution in [0.2, 0.25) is 0 Å². The Bertz CT molecular complexity index is 746. The Kier molecular flexibility index (Phi) is 9.62. The Labute approximate surface area is 198 Å². The Hall–Kier alpha value is -1.34. The number of carbonyl (C=O) groups excluding carboxylic acids is 2. The van der Waals surface area contributed by atoms with Crippen LogP contribution in [0.15, 0.2) is 24.3 Å². The zero-order valence-corrected chi connectivity index (χ0v) is 19.9. The number of rotatable bonds is 6. The average Bonchev–Trinajstić information content (AvgIpc) is 2.70. The third kappa shape index (κ3) is 5.92. The van der Waals surface area contributed by atoms with Crippen molar-refractivity contribution in [1.29, 1.82) is 0 Å². The molecule has 0 aliphatic carbocycles. The average molecular weight is 471 g/mol. The number of hydrogen-bond acceptors (Lipinski definition) is 4. The van der Waals surface area contributed by atoms with Gasteiger partial charge in [-0.15, -0.1) is 24.8 Å². The van der Waals surface area contributed by atoms with Gasteiger partial charge in [0.2, 0.25) is 11.8 Å². The molecule has 3 aliphatic rings. The largest absolute Gasteiger partial charge is 0.354 e. The first-order chi connectivity index (χ1) is 14.0. The number of halogens is 2. The molecular weight excluding hydrogens is 435 g/mol. The molecule has 174 valence electrons. The van der Waals surface area contributed by atoms with Crippen LogP contribution in [-0.2, 0) is 22.6 Å². The van der Waals surface area contributed by atoms with Crippen molar-refractivity contribution in [3.63, 3.8) is 0 Å². The molecule has 0 spiro atoms. The van der Waals surface area contributed by atoms with E-state index >= 15 is 0 Å². The van der Waals surface area contributed by atoms with Gasteiger partial charge in [0.25, 0.3) is 0 Å². The molecule has 31 heavy (non-hydrogen) atoms. The van der Waals surface area contributed by atoms with Gasteiger partial charge >= 0.3 is 0 Å². The number of hydrogen-bond donors (Lipinski definition) is 2. The molecular formula is C23H36Cl2N4O2. The summed E-state index contributed by atoms with van der Waals surface area (Å²) >= 11 is 0. The second-order valence-corrected chi connectivity index (χ2v) is 9.07. The van der Waals surface area contributed by atoms with Crippen molar-refractivity contribution in [3.8, 4) is 0 Å². The zero-order chi connectivity index (χ0) is 20.4. The van der Waals surface area contributed by atoms with Crippen LogP contribution in [0.3, 0.4) is 0 Å². The van der Waals surface area contributed by atoms with E-state index in [2.05, 4.69) is 39.4 Å². The summed E-state index contributed by atoms with van der Waals surface area (Å²) in [5.74, 6) is 1.24. The van der Waals surface area contributed by atoms with Gasteiger partial charge in [0, 0.05) is 45.6 Å². The SMILES string of the molecule is CC(=O)NC[C@H]1[C@H]2C[C@H](CN(Cc3ccc(CCN)cc3)C2)[C@@H]2CCCC(=O)N21.Cl.Cl. The van der Waals surface area contributed by atoms with Crippen LogP contribution in [0.4, 0.5) is 0 Å². The molecule has 4 rings (SSSR count). The number of nitrogens with one attached hydrogen (secondary N) is 1. The minimum atomic E-state index is -0.0154. The van der Waals surface area contributed by atoms with Gasteiger partial charge < -0.3 is 16.0 Å². The first-order valence-corrected chi connectivity index (χ1v) is 11.1. The van der Waals surface area contributed by atoms with Crippen molar-refractivity contribution < 1.29 is 9.59 Å². The summed E-state index contributed by atoms with van der Waals surface area (Å²) in [5.41, 5.74) is 8.28. The molecule has 0 radical (unpaired) electrons. The number of amides is 2. The van der Waals surface area contributed by atoms with E-state index in [-0.39, 0.29) is 42.7 Å². The standard InChI is InChI=1S/C23H34N4O2.2ClH/c1-16(28)25-12-22-20-11-19(21-3-2-4-23(29)27(21)22)14-26(15-20)13-18-7-5-17(6-8-18)9-10-24;;/h5-8,19-22H,2-4,9-15,24H2,1H3,(H,25,28);2*1H/t19-,20+,21+,22+;;/m1../s1.